The van der Waals surface area contributed by atoms with Gasteiger partial charge < -0.3 is 34.4 Å². The van der Waals surface area contributed by atoms with Gasteiger partial charge >= 0.3 is 6.18 Å². The number of hydrogen-bond acceptors (Lipinski definition) is 8. The fourth-order valence-corrected chi connectivity index (χ4v) is 6.52. The molecule has 51 heavy (non-hydrogen) atoms. The molecule has 1 aliphatic carbocycles. The maximum absolute atomic E-state index is 14.9. The zero-order chi connectivity index (χ0) is 37.4. The molecule has 0 radical (unpaired) electrons. The van der Waals surface area contributed by atoms with Gasteiger partial charge in [0.25, 0.3) is 5.91 Å². The molecule has 2 aliphatic rings. The van der Waals surface area contributed by atoms with Gasteiger partial charge in [-0.1, -0.05) is 27.7 Å². The van der Waals surface area contributed by atoms with Crippen LogP contribution < -0.4 is 24.8 Å². The molecule has 1 amide bonds. The van der Waals surface area contributed by atoms with Crippen LogP contribution in [0.15, 0.2) is 48.5 Å². The number of methoxy groups -OCH3 is 1. The smallest absolute Gasteiger partial charge is 0.424 e. The summed E-state index contributed by atoms with van der Waals surface area (Å²) in [6, 6.07) is 10.9. The molecule has 0 saturated heterocycles. The second-order valence-corrected chi connectivity index (χ2v) is 19.9. The molecule has 1 aliphatic heterocycles. The highest BCUT2D eigenvalue weighted by Gasteiger charge is 2.57. The lowest BCUT2D eigenvalue weighted by atomic mass is 9.82. The zero-order valence-corrected chi connectivity index (χ0v) is 31.1. The van der Waals surface area contributed by atoms with Gasteiger partial charge in [-0.05, 0) is 79.5 Å². The van der Waals surface area contributed by atoms with Gasteiger partial charge in [0.05, 0.1) is 32.6 Å². The number of rotatable bonds is 14. The molecule has 1 saturated carbocycles. The molecule has 3 aromatic rings. The number of hydrogen-bond donors (Lipinski definition) is 3. The summed E-state index contributed by atoms with van der Waals surface area (Å²) >= 11 is 0. The number of aromatic nitrogens is 1. The number of nitrogens with one attached hydrogen (secondary N) is 2. The SMILES string of the molecule is COc1cc(C(=O)NCC(O)(c2cc3c(c(-c4ccc(F)cc4)n2)OC[C@]3(C)CNC2CC2)C(F)(F)F)ccc1OCCO[Si](C)(C)C(C)(C)C. The largest absolute Gasteiger partial charge is 0.493 e. The van der Waals surface area contributed by atoms with Gasteiger partial charge in [0.2, 0.25) is 5.60 Å². The Labute approximate surface area is 297 Å². The Morgan fingerprint density at radius 2 is 1.75 bits per heavy atom. The Bertz CT molecular complexity index is 1730. The number of nitrogens with zero attached hydrogens (tertiary/aromatic N) is 1. The maximum atomic E-state index is 14.9. The van der Waals surface area contributed by atoms with Gasteiger partial charge in [-0.15, -0.1) is 0 Å². The first kappa shape index (κ1) is 38.5. The van der Waals surface area contributed by atoms with Crippen LogP contribution >= 0.6 is 0 Å². The van der Waals surface area contributed by atoms with Crippen molar-refractivity contribution in [1.82, 2.24) is 15.6 Å². The molecule has 0 spiro atoms. The lowest BCUT2D eigenvalue weighted by molar-refractivity contribution is -0.265. The molecule has 0 bridgehead atoms. The van der Waals surface area contributed by atoms with Gasteiger partial charge in [-0.25, -0.2) is 9.37 Å². The summed E-state index contributed by atoms with van der Waals surface area (Å²) in [5, 5.41) is 17.2. The minimum absolute atomic E-state index is 0.0118. The van der Waals surface area contributed by atoms with Crippen LogP contribution in [0.2, 0.25) is 18.1 Å². The Kier molecular flexibility index (Phi) is 10.8. The van der Waals surface area contributed by atoms with Crippen molar-refractivity contribution in [2.45, 2.75) is 81.9 Å². The van der Waals surface area contributed by atoms with E-state index >= 15 is 0 Å². The van der Waals surface area contributed by atoms with E-state index in [1.165, 1.54) is 55.6 Å². The van der Waals surface area contributed by atoms with Crippen LogP contribution in [0.1, 0.15) is 62.2 Å². The molecular weight excluding hydrogens is 686 g/mol. The van der Waals surface area contributed by atoms with E-state index in [9.17, 15) is 27.5 Å². The van der Waals surface area contributed by atoms with E-state index < -0.39 is 49.5 Å². The molecule has 1 fully saturated rings. The van der Waals surface area contributed by atoms with Crippen LogP contribution in [0.3, 0.4) is 0 Å². The fourth-order valence-electron chi connectivity index (χ4n) is 5.49. The van der Waals surface area contributed by atoms with Crippen molar-refractivity contribution in [2.24, 2.45) is 0 Å². The van der Waals surface area contributed by atoms with Crippen LogP contribution in [0.25, 0.3) is 11.3 Å². The van der Waals surface area contributed by atoms with Crippen molar-refractivity contribution in [3.63, 3.8) is 0 Å². The minimum Gasteiger partial charge on any atom is -0.493 e. The summed E-state index contributed by atoms with van der Waals surface area (Å²) in [4.78, 5) is 17.5. The third-order valence-corrected chi connectivity index (χ3v) is 14.6. The molecule has 2 atom stereocenters. The number of benzene rings is 2. The van der Waals surface area contributed by atoms with Crippen LogP contribution in [0.5, 0.6) is 17.2 Å². The third kappa shape index (κ3) is 8.34. The Morgan fingerprint density at radius 3 is 2.35 bits per heavy atom. The second-order valence-electron chi connectivity index (χ2n) is 15.1. The molecule has 9 nitrogen and oxygen atoms in total. The Balaban J connectivity index is 1.39. The zero-order valence-electron chi connectivity index (χ0n) is 30.1. The molecule has 278 valence electrons. The number of halogens is 4. The molecule has 2 aromatic carbocycles. The molecule has 2 heterocycles. The highest BCUT2D eigenvalue weighted by molar-refractivity contribution is 6.74. The van der Waals surface area contributed by atoms with Gasteiger partial charge in [-0.3, -0.25) is 4.79 Å². The average Bonchev–Trinajstić information content (AvgIpc) is 3.85. The quantitative estimate of drug-likeness (QED) is 0.0935. The summed E-state index contributed by atoms with van der Waals surface area (Å²) in [6.45, 7) is 12.4. The van der Waals surface area contributed by atoms with Crippen molar-refractivity contribution in [1.29, 1.82) is 0 Å². The minimum atomic E-state index is -5.26. The van der Waals surface area contributed by atoms with E-state index in [0.717, 1.165) is 12.8 Å². The maximum Gasteiger partial charge on any atom is 0.424 e. The molecule has 14 heteroatoms. The molecule has 1 aromatic heterocycles. The number of ether oxygens (including phenoxy) is 3. The van der Waals surface area contributed by atoms with Crippen molar-refractivity contribution >= 4 is 14.2 Å². The van der Waals surface area contributed by atoms with E-state index in [0.29, 0.717) is 36.1 Å². The molecule has 5 rings (SSSR count). The van der Waals surface area contributed by atoms with Gasteiger partial charge in [0.15, 0.2) is 19.8 Å². The van der Waals surface area contributed by atoms with Crippen molar-refractivity contribution in [2.75, 3.05) is 40.0 Å². The highest BCUT2D eigenvalue weighted by atomic mass is 28.4. The van der Waals surface area contributed by atoms with Crippen LogP contribution in [-0.2, 0) is 15.4 Å². The molecule has 1 unspecified atom stereocenters. The van der Waals surface area contributed by atoms with E-state index in [1.807, 2.05) is 6.92 Å². The predicted octanol–water partition coefficient (Wildman–Crippen LogP) is 6.88. The van der Waals surface area contributed by atoms with E-state index in [2.05, 4.69) is 49.5 Å². The van der Waals surface area contributed by atoms with Crippen molar-refractivity contribution in [3.8, 4) is 28.5 Å². The number of carbonyl (C=O) groups is 1. The first-order valence-electron chi connectivity index (χ1n) is 17.0. The highest BCUT2D eigenvalue weighted by Crippen LogP contribution is 2.48. The normalized spacial score (nSPS) is 18.8. The predicted molar refractivity (Wildman–Crippen MR) is 187 cm³/mol. The Morgan fingerprint density at radius 1 is 1.06 bits per heavy atom. The summed E-state index contributed by atoms with van der Waals surface area (Å²) in [6.07, 6.45) is -3.24. The number of amides is 1. The van der Waals surface area contributed by atoms with E-state index in [4.69, 9.17) is 18.6 Å². The molecule has 3 N–H and O–H groups in total. The van der Waals surface area contributed by atoms with Crippen LogP contribution in [-0.4, -0.2) is 76.6 Å². The monoisotopic (exact) mass is 733 g/mol. The lowest BCUT2D eigenvalue weighted by Gasteiger charge is -2.36. The number of alkyl halides is 3. The number of fused-ring (bicyclic) bond motifs is 1. The standard InChI is InChI=1S/C37H47F4N3O6Si/c1-34(2,3)51(6,7)50-17-16-48-28-15-10-24(18-29(28)47-5)33(45)43-21-36(46,37(39,40)41)30-19-27-32(31(44-30)23-8-11-25(38)12-9-23)49-22-35(27,4)20-42-26-13-14-26/h8-12,15,18-19,26,42,46H,13-14,16-17,20-22H2,1-7H3,(H,43,45)/t35-,36?/m0/s1. The summed E-state index contributed by atoms with van der Waals surface area (Å²) in [5.74, 6) is -0.626. The van der Waals surface area contributed by atoms with Crippen molar-refractivity contribution in [3.05, 3.63) is 71.2 Å². The number of aliphatic hydroxyl groups is 1. The van der Waals surface area contributed by atoms with Crippen molar-refractivity contribution < 1.29 is 46.1 Å². The van der Waals surface area contributed by atoms with Crippen LogP contribution in [0.4, 0.5) is 17.6 Å². The first-order chi connectivity index (χ1) is 23.8. The van der Waals surface area contributed by atoms with Gasteiger partial charge in [0, 0.05) is 34.7 Å². The first-order valence-corrected chi connectivity index (χ1v) is 19.9. The Hall–Kier alpha value is -3.72. The second kappa shape index (κ2) is 14.4. The summed E-state index contributed by atoms with van der Waals surface area (Å²) < 4.78 is 82.0. The number of pyridine rings is 1. The lowest BCUT2D eigenvalue weighted by Crippen LogP contribution is -2.51. The van der Waals surface area contributed by atoms with Crippen LogP contribution in [0, 0.1) is 5.82 Å². The molecular formula is C37H47F4N3O6Si. The number of carbonyl (C=O) groups excluding carboxylic acids is 1. The summed E-state index contributed by atoms with van der Waals surface area (Å²) in [7, 11) is -0.601. The van der Waals surface area contributed by atoms with Gasteiger partial charge in [0.1, 0.15) is 23.9 Å². The fraction of sp³-hybridized carbons (Fsp3) is 0.514. The average molecular weight is 734 g/mol. The van der Waals surface area contributed by atoms with Gasteiger partial charge in [-0.2, -0.15) is 13.2 Å². The third-order valence-electron chi connectivity index (χ3n) is 10.1. The van der Waals surface area contributed by atoms with E-state index in [1.54, 1.807) is 0 Å². The van der Waals surface area contributed by atoms with E-state index in [-0.39, 0.29) is 41.0 Å². The topological polar surface area (TPSA) is 111 Å². The summed E-state index contributed by atoms with van der Waals surface area (Å²) in [5.41, 5.74) is -4.33.